The third-order valence-electron chi connectivity index (χ3n) is 3.35. The molecule has 2 fully saturated rings. The number of hydrogen-bond donors (Lipinski definition) is 1. The summed E-state index contributed by atoms with van der Waals surface area (Å²) in [6, 6.07) is 0. The number of likely N-dealkylation sites (tertiary alicyclic amines) is 1. The maximum Gasteiger partial charge on any atom is 0.0309 e. The number of halogens is 2. The summed E-state index contributed by atoms with van der Waals surface area (Å²) in [6.07, 6.45) is 6.99. The third kappa shape index (κ3) is 3.27. The maximum atomic E-state index is 3.72. The van der Waals surface area contributed by atoms with Crippen LogP contribution < -0.4 is 5.32 Å². The van der Waals surface area contributed by atoms with Crippen molar-refractivity contribution in [1.29, 1.82) is 0 Å². The van der Waals surface area contributed by atoms with Crippen molar-refractivity contribution in [3.05, 3.63) is 0 Å². The standard InChI is InChI=1S/C10H20N2.2ClH/c1-12-8-4-6-10(9-12)5-2-3-7-11-10;;/h11H,2-9H2,1H3;2*1H. The van der Waals surface area contributed by atoms with Gasteiger partial charge < -0.3 is 10.2 Å². The van der Waals surface area contributed by atoms with Crippen molar-refractivity contribution in [3.8, 4) is 0 Å². The molecule has 2 rings (SSSR count). The van der Waals surface area contributed by atoms with Gasteiger partial charge in [-0.3, -0.25) is 0 Å². The monoisotopic (exact) mass is 240 g/mol. The lowest BCUT2D eigenvalue weighted by atomic mass is 9.82. The topological polar surface area (TPSA) is 15.3 Å². The van der Waals surface area contributed by atoms with Crippen molar-refractivity contribution in [2.24, 2.45) is 0 Å². The highest BCUT2D eigenvalue weighted by atomic mass is 35.5. The Morgan fingerprint density at radius 3 is 2.36 bits per heavy atom. The molecule has 2 aliphatic rings. The van der Waals surface area contributed by atoms with E-state index in [2.05, 4.69) is 17.3 Å². The Balaban J connectivity index is 0.000000845. The van der Waals surface area contributed by atoms with Gasteiger partial charge in [0.2, 0.25) is 0 Å². The van der Waals surface area contributed by atoms with Crippen LogP contribution in [-0.4, -0.2) is 37.1 Å². The minimum Gasteiger partial charge on any atom is -0.310 e. The second kappa shape index (κ2) is 6.16. The second-order valence-corrected chi connectivity index (χ2v) is 4.51. The third-order valence-corrected chi connectivity index (χ3v) is 3.35. The Hall–Kier alpha value is 0.500. The van der Waals surface area contributed by atoms with E-state index in [1.165, 1.54) is 51.7 Å². The Bertz CT molecular complexity index is 153. The predicted octanol–water partition coefficient (Wildman–Crippen LogP) is 2.07. The van der Waals surface area contributed by atoms with Gasteiger partial charge in [0.1, 0.15) is 0 Å². The molecular formula is C10H22Cl2N2. The molecule has 4 heteroatoms. The summed E-state index contributed by atoms with van der Waals surface area (Å²) in [5, 5.41) is 3.72. The number of nitrogens with one attached hydrogen (secondary N) is 1. The molecule has 0 radical (unpaired) electrons. The van der Waals surface area contributed by atoms with Crippen molar-refractivity contribution < 1.29 is 0 Å². The van der Waals surface area contributed by atoms with Crippen LogP contribution in [0.15, 0.2) is 0 Å². The molecule has 1 spiro atoms. The molecule has 2 aliphatic heterocycles. The van der Waals surface area contributed by atoms with Crippen LogP contribution in [0.3, 0.4) is 0 Å². The molecule has 0 saturated carbocycles. The Morgan fingerprint density at radius 1 is 1.07 bits per heavy atom. The summed E-state index contributed by atoms with van der Waals surface area (Å²) < 4.78 is 0. The van der Waals surface area contributed by atoms with Crippen molar-refractivity contribution >= 4 is 24.8 Å². The van der Waals surface area contributed by atoms with Gasteiger partial charge in [0, 0.05) is 12.1 Å². The molecule has 0 bridgehead atoms. The number of rotatable bonds is 0. The van der Waals surface area contributed by atoms with Gasteiger partial charge in [0.25, 0.3) is 0 Å². The molecule has 0 aromatic heterocycles. The first kappa shape index (κ1) is 14.5. The summed E-state index contributed by atoms with van der Waals surface area (Å²) in [7, 11) is 2.25. The van der Waals surface area contributed by atoms with Crippen LogP contribution in [0.5, 0.6) is 0 Å². The Labute approximate surface area is 99.6 Å². The van der Waals surface area contributed by atoms with Crippen LogP contribution >= 0.6 is 24.8 Å². The molecular weight excluding hydrogens is 219 g/mol. The van der Waals surface area contributed by atoms with Gasteiger partial charge in [-0.25, -0.2) is 0 Å². The number of likely N-dealkylation sites (N-methyl/N-ethyl adjacent to an activating group) is 1. The SMILES string of the molecule is CN1CCCC2(CCCCN2)C1.Cl.Cl. The fourth-order valence-electron chi connectivity index (χ4n) is 2.74. The van der Waals surface area contributed by atoms with E-state index in [9.17, 15) is 0 Å². The Kier molecular flexibility index (Phi) is 6.38. The zero-order valence-corrected chi connectivity index (χ0v) is 10.6. The van der Waals surface area contributed by atoms with Crippen LogP contribution in [0.25, 0.3) is 0 Å². The van der Waals surface area contributed by atoms with Gasteiger partial charge >= 0.3 is 0 Å². The normalized spacial score (nSPS) is 33.2. The van der Waals surface area contributed by atoms with Crippen molar-refractivity contribution in [2.75, 3.05) is 26.7 Å². The highest BCUT2D eigenvalue weighted by molar-refractivity contribution is 5.85. The molecule has 2 heterocycles. The van der Waals surface area contributed by atoms with E-state index in [0.29, 0.717) is 5.54 Å². The number of nitrogens with zero attached hydrogens (tertiary/aromatic N) is 1. The summed E-state index contributed by atoms with van der Waals surface area (Å²) in [5.74, 6) is 0. The molecule has 1 atom stereocenters. The summed E-state index contributed by atoms with van der Waals surface area (Å²) in [6.45, 7) is 3.81. The van der Waals surface area contributed by atoms with E-state index < -0.39 is 0 Å². The van der Waals surface area contributed by atoms with E-state index in [1.54, 1.807) is 0 Å². The lowest BCUT2D eigenvalue weighted by Gasteiger charge is -2.44. The Morgan fingerprint density at radius 2 is 1.79 bits per heavy atom. The summed E-state index contributed by atoms with van der Waals surface area (Å²) >= 11 is 0. The molecule has 14 heavy (non-hydrogen) atoms. The first-order valence-corrected chi connectivity index (χ1v) is 5.24. The molecule has 86 valence electrons. The summed E-state index contributed by atoms with van der Waals surface area (Å²) in [5.41, 5.74) is 0.505. The van der Waals surface area contributed by atoms with E-state index in [1.807, 2.05) is 0 Å². The predicted molar refractivity (Wildman–Crippen MR) is 65.8 cm³/mol. The smallest absolute Gasteiger partial charge is 0.0309 e. The van der Waals surface area contributed by atoms with Crippen LogP contribution in [0.2, 0.25) is 0 Å². The average molecular weight is 241 g/mol. The molecule has 0 aromatic rings. The summed E-state index contributed by atoms with van der Waals surface area (Å²) in [4.78, 5) is 2.47. The first-order valence-electron chi connectivity index (χ1n) is 5.24. The van der Waals surface area contributed by atoms with E-state index in [0.717, 1.165) is 0 Å². The minimum absolute atomic E-state index is 0. The zero-order valence-electron chi connectivity index (χ0n) is 8.92. The van der Waals surface area contributed by atoms with Crippen LogP contribution in [-0.2, 0) is 0 Å². The molecule has 0 aliphatic carbocycles. The molecule has 0 aromatic carbocycles. The average Bonchev–Trinajstić information content (AvgIpc) is 2.05. The number of piperidine rings is 2. The molecule has 1 unspecified atom stereocenters. The first-order chi connectivity index (χ1) is 5.81. The maximum absolute atomic E-state index is 3.72. The number of hydrogen-bond acceptors (Lipinski definition) is 2. The fraction of sp³-hybridized carbons (Fsp3) is 1.00. The van der Waals surface area contributed by atoms with Gasteiger partial charge in [-0.05, 0) is 45.8 Å². The highest BCUT2D eigenvalue weighted by Crippen LogP contribution is 2.28. The van der Waals surface area contributed by atoms with Gasteiger partial charge in [0.05, 0.1) is 0 Å². The van der Waals surface area contributed by atoms with Crippen LogP contribution in [0.4, 0.5) is 0 Å². The van der Waals surface area contributed by atoms with E-state index in [4.69, 9.17) is 0 Å². The molecule has 1 N–H and O–H groups in total. The quantitative estimate of drug-likeness (QED) is 0.698. The molecule has 2 saturated heterocycles. The van der Waals surface area contributed by atoms with E-state index >= 15 is 0 Å². The zero-order chi connectivity index (χ0) is 8.44. The lowest BCUT2D eigenvalue weighted by Crippen LogP contribution is -2.57. The van der Waals surface area contributed by atoms with Crippen molar-refractivity contribution in [2.45, 2.75) is 37.6 Å². The van der Waals surface area contributed by atoms with Gasteiger partial charge in [-0.1, -0.05) is 6.42 Å². The largest absolute Gasteiger partial charge is 0.310 e. The van der Waals surface area contributed by atoms with Gasteiger partial charge in [-0.15, -0.1) is 24.8 Å². The van der Waals surface area contributed by atoms with Crippen molar-refractivity contribution in [1.82, 2.24) is 10.2 Å². The minimum atomic E-state index is 0. The van der Waals surface area contributed by atoms with Gasteiger partial charge in [0.15, 0.2) is 0 Å². The van der Waals surface area contributed by atoms with Crippen LogP contribution in [0, 0.1) is 0 Å². The lowest BCUT2D eigenvalue weighted by molar-refractivity contribution is 0.118. The van der Waals surface area contributed by atoms with Crippen molar-refractivity contribution in [3.63, 3.8) is 0 Å². The highest BCUT2D eigenvalue weighted by Gasteiger charge is 2.34. The molecule has 0 amide bonds. The molecule has 2 nitrogen and oxygen atoms in total. The fourth-order valence-corrected chi connectivity index (χ4v) is 2.74. The van der Waals surface area contributed by atoms with Crippen LogP contribution in [0.1, 0.15) is 32.1 Å². The second-order valence-electron chi connectivity index (χ2n) is 4.51. The van der Waals surface area contributed by atoms with Gasteiger partial charge in [-0.2, -0.15) is 0 Å². The van der Waals surface area contributed by atoms with E-state index in [-0.39, 0.29) is 24.8 Å².